The topological polar surface area (TPSA) is 41.1 Å². The number of carbonyl (C=O) groups excluding carboxylic acids is 1. The molecule has 0 saturated carbocycles. The summed E-state index contributed by atoms with van der Waals surface area (Å²) >= 11 is 4.83. The van der Waals surface area contributed by atoms with Gasteiger partial charge in [0.15, 0.2) is 5.11 Å². The van der Waals surface area contributed by atoms with Crippen LogP contribution in [0.1, 0.15) is 13.8 Å². The van der Waals surface area contributed by atoms with Crippen molar-refractivity contribution < 1.29 is 4.79 Å². The summed E-state index contributed by atoms with van der Waals surface area (Å²) in [6.45, 7) is 4.05. The van der Waals surface area contributed by atoms with Crippen LogP contribution in [-0.4, -0.2) is 24.5 Å². The van der Waals surface area contributed by atoms with E-state index in [1.165, 1.54) is 0 Å². The first-order chi connectivity index (χ1) is 5.07. The number of Topliss-reactive ketones (excluding diaryl/α,β-unsaturated/α-hetero) is 1. The van der Waals surface area contributed by atoms with Crippen molar-refractivity contribution >= 4 is 23.1 Å². The van der Waals surface area contributed by atoms with Crippen molar-refractivity contribution in [2.45, 2.75) is 13.8 Å². The van der Waals surface area contributed by atoms with Gasteiger partial charge in [-0.15, -0.1) is 0 Å². The van der Waals surface area contributed by atoms with Crippen molar-refractivity contribution in [1.29, 1.82) is 0 Å². The molecule has 0 rings (SSSR count). The fourth-order valence-electron chi connectivity index (χ4n) is 0.478. The Morgan fingerprint density at radius 2 is 2.18 bits per heavy atom. The van der Waals surface area contributed by atoms with Crippen LogP contribution in [0.25, 0.3) is 0 Å². The van der Waals surface area contributed by atoms with E-state index in [-0.39, 0.29) is 11.7 Å². The fourth-order valence-corrected chi connectivity index (χ4v) is 0.561. The lowest BCUT2D eigenvalue weighted by Gasteiger charge is -2.10. The molecule has 0 aromatic carbocycles. The third-order valence-electron chi connectivity index (χ3n) is 1.49. The van der Waals surface area contributed by atoms with Crippen molar-refractivity contribution in [1.82, 2.24) is 10.6 Å². The van der Waals surface area contributed by atoms with E-state index in [4.69, 9.17) is 12.2 Å². The lowest BCUT2D eigenvalue weighted by Crippen LogP contribution is -2.36. The minimum atomic E-state index is 0.0290. The van der Waals surface area contributed by atoms with E-state index in [2.05, 4.69) is 10.6 Å². The first kappa shape index (κ1) is 10.4. The maximum absolute atomic E-state index is 10.7. The molecule has 3 nitrogen and oxygen atoms in total. The van der Waals surface area contributed by atoms with Crippen LogP contribution in [0.4, 0.5) is 0 Å². The number of ketones is 1. The third-order valence-corrected chi connectivity index (χ3v) is 1.84. The summed E-state index contributed by atoms with van der Waals surface area (Å²) < 4.78 is 0. The number of rotatable bonds is 3. The second-order valence-corrected chi connectivity index (χ2v) is 2.88. The number of thiocarbonyl (C=S) groups is 1. The van der Waals surface area contributed by atoms with Crippen LogP contribution in [-0.2, 0) is 4.79 Å². The van der Waals surface area contributed by atoms with Gasteiger partial charge in [0.25, 0.3) is 0 Å². The van der Waals surface area contributed by atoms with E-state index >= 15 is 0 Å². The quantitative estimate of drug-likeness (QED) is 0.604. The summed E-state index contributed by atoms with van der Waals surface area (Å²) in [5.74, 6) is 0.206. The minimum absolute atomic E-state index is 0.0290. The lowest BCUT2D eigenvalue weighted by molar-refractivity contribution is -0.120. The second kappa shape index (κ2) is 5.07. The van der Waals surface area contributed by atoms with E-state index in [1.54, 1.807) is 14.0 Å². The molecule has 0 heterocycles. The van der Waals surface area contributed by atoms with E-state index in [0.717, 1.165) is 0 Å². The van der Waals surface area contributed by atoms with Crippen LogP contribution in [0, 0.1) is 5.92 Å². The van der Waals surface area contributed by atoms with Crippen LogP contribution in [0.2, 0.25) is 0 Å². The molecule has 1 atom stereocenters. The van der Waals surface area contributed by atoms with Gasteiger partial charge in [0.2, 0.25) is 0 Å². The van der Waals surface area contributed by atoms with E-state index in [9.17, 15) is 4.79 Å². The fraction of sp³-hybridized carbons (Fsp3) is 0.714. The number of hydrogen-bond donors (Lipinski definition) is 2. The largest absolute Gasteiger partial charge is 0.366 e. The van der Waals surface area contributed by atoms with Gasteiger partial charge in [-0.25, -0.2) is 0 Å². The first-order valence-electron chi connectivity index (χ1n) is 3.54. The van der Waals surface area contributed by atoms with E-state index < -0.39 is 0 Å². The summed E-state index contributed by atoms with van der Waals surface area (Å²) in [4.78, 5) is 10.7. The van der Waals surface area contributed by atoms with Gasteiger partial charge < -0.3 is 10.6 Å². The molecule has 0 spiro atoms. The standard InChI is InChI=1S/C7H14N2OS/c1-5(6(2)10)4-9-7(11)8-3/h5H,4H2,1-3H3,(H2,8,9,11). The molecule has 0 bridgehead atoms. The zero-order valence-electron chi connectivity index (χ0n) is 7.10. The average molecular weight is 174 g/mol. The predicted molar refractivity (Wildman–Crippen MR) is 49.5 cm³/mol. The molecule has 1 unspecified atom stereocenters. The molecule has 11 heavy (non-hydrogen) atoms. The lowest BCUT2D eigenvalue weighted by atomic mass is 10.1. The summed E-state index contributed by atoms with van der Waals surface area (Å²) in [5, 5.41) is 6.26. The molecule has 0 radical (unpaired) electrons. The Balaban J connectivity index is 3.54. The second-order valence-electron chi connectivity index (χ2n) is 2.47. The van der Waals surface area contributed by atoms with Crippen LogP contribution in [0.15, 0.2) is 0 Å². The van der Waals surface area contributed by atoms with Crippen molar-refractivity contribution in [3.8, 4) is 0 Å². The average Bonchev–Trinajstić information content (AvgIpc) is 1.99. The van der Waals surface area contributed by atoms with Gasteiger partial charge in [-0.1, -0.05) is 6.92 Å². The van der Waals surface area contributed by atoms with Crippen LogP contribution in [0.3, 0.4) is 0 Å². The Bertz CT molecular complexity index is 159. The Labute approximate surface area is 72.5 Å². The normalized spacial score (nSPS) is 11.9. The molecule has 2 N–H and O–H groups in total. The highest BCUT2D eigenvalue weighted by atomic mass is 32.1. The SMILES string of the molecule is CNC(=S)NCC(C)C(C)=O. The molecular formula is C7H14N2OS. The molecule has 64 valence electrons. The number of nitrogens with one attached hydrogen (secondary N) is 2. The maximum atomic E-state index is 10.7. The molecule has 0 aliphatic rings. The highest BCUT2D eigenvalue weighted by Crippen LogP contribution is 1.92. The Kier molecular flexibility index (Phi) is 4.77. The van der Waals surface area contributed by atoms with Gasteiger partial charge in [-0.2, -0.15) is 0 Å². The third kappa shape index (κ3) is 4.72. The molecule has 0 amide bonds. The van der Waals surface area contributed by atoms with Crippen LogP contribution >= 0.6 is 12.2 Å². The molecular weight excluding hydrogens is 160 g/mol. The molecule has 0 saturated heterocycles. The predicted octanol–water partition coefficient (Wildman–Crippen LogP) is 0.305. The van der Waals surface area contributed by atoms with Gasteiger partial charge in [0, 0.05) is 19.5 Å². The molecule has 4 heteroatoms. The van der Waals surface area contributed by atoms with E-state index in [0.29, 0.717) is 11.7 Å². The van der Waals surface area contributed by atoms with Crippen molar-refractivity contribution in [2.24, 2.45) is 5.92 Å². The number of carbonyl (C=O) groups is 1. The highest BCUT2D eigenvalue weighted by Gasteiger charge is 2.06. The first-order valence-corrected chi connectivity index (χ1v) is 3.94. The van der Waals surface area contributed by atoms with Crippen molar-refractivity contribution in [3.05, 3.63) is 0 Å². The van der Waals surface area contributed by atoms with Gasteiger partial charge >= 0.3 is 0 Å². The van der Waals surface area contributed by atoms with Gasteiger partial charge in [0.05, 0.1) is 0 Å². The molecule has 0 aliphatic heterocycles. The Hall–Kier alpha value is -0.640. The Morgan fingerprint density at radius 1 is 1.64 bits per heavy atom. The van der Waals surface area contributed by atoms with Crippen molar-refractivity contribution in [2.75, 3.05) is 13.6 Å². The number of hydrogen-bond acceptors (Lipinski definition) is 2. The van der Waals surface area contributed by atoms with Crippen molar-refractivity contribution in [3.63, 3.8) is 0 Å². The summed E-state index contributed by atoms with van der Waals surface area (Å²) in [6.07, 6.45) is 0. The van der Waals surface area contributed by atoms with Crippen LogP contribution in [0.5, 0.6) is 0 Å². The zero-order valence-corrected chi connectivity index (χ0v) is 7.92. The van der Waals surface area contributed by atoms with Gasteiger partial charge in [-0.3, -0.25) is 4.79 Å². The monoisotopic (exact) mass is 174 g/mol. The molecule has 0 aromatic rings. The highest BCUT2D eigenvalue weighted by molar-refractivity contribution is 7.80. The summed E-state index contributed by atoms with van der Waals surface area (Å²) in [6, 6.07) is 0. The summed E-state index contributed by atoms with van der Waals surface area (Å²) in [5.41, 5.74) is 0. The van der Waals surface area contributed by atoms with Crippen LogP contribution < -0.4 is 10.6 Å². The molecule has 0 fully saturated rings. The minimum Gasteiger partial charge on any atom is -0.366 e. The smallest absolute Gasteiger partial charge is 0.166 e. The Morgan fingerprint density at radius 3 is 2.55 bits per heavy atom. The van der Waals surface area contributed by atoms with Gasteiger partial charge in [-0.05, 0) is 19.1 Å². The molecule has 0 aromatic heterocycles. The zero-order chi connectivity index (χ0) is 8.85. The van der Waals surface area contributed by atoms with Gasteiger partial charge in [0.1, 0.15) is 5.78 Å². The maximum Gasteiger partial charge on any atom is 0.166 e. The van der Waals surface area contributed by atoms with E-state index in [1.807, 2.05) is 6.92 Å². The molecule has 0 aliphatic carbocycles. The summed E-state index contributed by atoms with van der Waals surface area (Å²) in [7, 11) is 1.74.